The molecule has 10 heteroatoms. The van der Waals surface area contributed by atoms with E-state index in [-0.39, 0.29) is 5.91 Å². The number of aromatic amines is 2. The van der Waals surface area contributed by atoms with Crippen LogP contribution in [0.4, 0.5) is 0 Å². The third kappa shape index (κ3) is 6.12. The van der Waals surface area contributed by atoms with E-state index in [4.69, 9.17) is 10.7 Å². The SMILES string of the molecule is N[C@@H](Cc1cnc[nH]1)C(=O)NCc1ccc(CNC(O)c2cc(-c3c[nH]c4ccc(Br)cc34)nc3ccccc23)cc1. The summed E-state index contributed by atoms with van der Waals surface area (Å²) < 4.78 is 0.987. The van der Waals surface area contributed by atoms with Gasteiger partial charge in [0.25, 0.3) is 0 Å². The molecule has 6 aromatic rings. The van der Waals surface area contributed by atoms with E-state index >= 15 is 0 Å². The highest BCUT2D eigenvalue weighted by atomic mass is 79.9. The number of pyridine rings is 1. The van der Waals surface area contributed by atoms with Crippen LogP contribution in [0.25, 0.3) is 33.1 Å². The van der Waals surface area contributed by atoms with Gasteiger partial charge >= 0.3 is 0 Å². The van der Waals surface area contributed by atoms with Crippen LogP contribution in [-0.4, -0.2) is 37.0 Å². The molecule has 0 saturated heterocycles. The van der Waals surface area contributed by atoms with Crippen molar-refractivity contribution in [2.45, 2.75) is 31.8 Å². The maximum absolute atomic E-state index is 12.4. The van der Waals surface area contributed by atoms with Crippen molar-refractivity contribution in [3.63, 3.8) is 0 Å². The second kappa shape index (κ2) is 12.3. The number of imidazole rings is 1. The Kier molecular flexibility index (Phi) is 8.11. The summed E-state index contributed by atoms with van der Waals surface area (Å²) in [5.74, 6) is -0.220. The number of aromatic nitrogens is 4. The molecule has 0 radical (unpaired) electrons. The first-order chi connectivity index (χ1) is 20.4. The summed E-state index contributed by atoms with van der Waals surface area (Å²) in [6, 6.07) is 23.1. The average Bonchev–Trinajstić information content (AvgIpc) is 3.68. The second-order valence-electron chi connectivity index (χ2n) is 10.2. The van der Waals surface area contributed by atoms with E-state index in [1.54, 1.807) is 12.5 Å². The predicted octanol–water partition coefficient (Wildman–Crippen LogP) is 4.84. The summed E-state index contributed by atoms with van der Waals surface area (Å²) >= 11 is 3.57. The van der Waals surface area contributed by atoms with Gasteiger partial charge in [0.05, 0.1) is 23.6 Å². The molecule has 1 amide bonds. The van der Waals surface area contributed by atoms with Crippen molar-refractivity contribution in [1.29, 1.82) is 0 Å². The first kappa shape index (κ1) is 27.8. The minimum absolute atomic E-state index is 0.220. The summed E-state index contributed by atoms with van der Waals surface area (Å²) in [7, 11) is 0. The fraction of sp³-hybridized carbons (Fsp3) is 0.156. The standard InChI is InChI=1S/C32H30BrN7O2/c33-21-9-10-28-24(11-21)26(17-36-28)30-13-25(23-3-1-2-4-29(23)40-30)31(41)37-14-19-5-7-20(8-6-19)15-38-32(42)27(34)12-22-16-35-18-39-22/h1-11,13,16-18,27,31,36-37,41H,12,14-15,34H2,(H,35,39)(H,38,42)/t27-,31?/m0/s1. The van der Waals surface area contributed by atoms with Crippen LogP contribution in [0.1, 0.15) is 28.6 Å². The quantitative estimate of drug-likeness (QED) is 0.121. The number of nitrogens with two attached hydrogens (primary N) is 1. The van der Waals surface area contributed by atoms with Crippen molar-refractivity contribution in [1.82, 2.24) is 30.6 Å². The Balaban J connectivity index is 1.13. The topological polar surface area (TPSA) is 145 Å². The lowest BCUT2D eigenvalue weighted by molar-refractivity contribution is -0.122. The van der Waals surface area contributed by atoms with Gasteiger partial charge in [-0.25, -0.2) is 9.97 Å². The van der Waals surface area contributed by atoms with E-state index in [2.05, 4.69) is 47.6 Å². The molecule has 0 aliphatic rings. The number of fused-ring (bicyclic) bond motifs is 2. The van der Waals surface area contributed by atoms with Gasteiger partial charge in [0.2, 0.25) is 5.91 Å². The average molecular weight is 625 g/mol. The lowest BCUT2D eigenvalue weighted by Gasteiger charge is -2.17. The Morgan fingerprint density at radius 1 is 0.976 bits per heavy atom. The van der Waals surface area contributed by atoms with Crippen LogP contribution in [0.15, 0.2) is 96.0 Å². The van der Waals surface area contributed by atoms with Crippen molar-refractivity contribution in [2.75, 3.05) is 0 Å². The minimum Gasteiger partial charge on any atom is -0.374 e. The highest BCUT2D eigenvalue weighted by molar-refractivity contribution is 9.10. The van der Waals surface area contributed by atoms with E-state index in [0.29, 0.717) is 19.5 Å². The van der Waals surface area contributed by atoms with Crippen LogP contribution in [0.5, 0.6) is 0 Å². The molecule has 42 heavy (non-hydrogen) atoms. The Morgan fingerprint density at radius 3 is 2.55 bits per heavy atom. The monoisotopic (exact) mass is 623 g/mol. The van der Waals surface area contributed by atoms with Gasteiger partial charge in [-0.2, -0.15) is 0 Å². The maximum Gasteiger partial charge on any atom is 0.237 e. The van der Waals surface area contributed by atoms with Gasteiger partial charge < -0.3 is 26.1 Å². The highest BCUT2D eigenvalue weighted by Crippen LogP contribution is 2.33. The Labute approximate surface area is 250 Å². The van der Waals surface area contributed by atoms with Gasteiger partial charge in [0, 0.05) is 69.5 Å². The van der Waals surface area contributed by atoms with Crippen LogP contribution in [-0.2, 0) is 24.3 Å². The van der Waals surface area contributed by atoms with E-state index < -0.39 is 12.3 Å². The van der Waals surface area contributed by atoms with Crippen LogP contribution in [0.3, 0.4) is 0 Å². The minimum atomic E-state index is -0.913. The summed E-state index contributed by atoms with van der Waals surface area (Å²) in [6.07, 6.45) is 4.66. The number of carbonyl (C=O) groups is 1. The molecule has 6 rings (SSSR count). The van der Waals surface area contributed by atoms with Crippen molar-refractivity contribution < 1.29 is 9.90 Å². The number of hydrogen-bond donors (Lipinski definition) is 6. The number of aliphatic hydroxyl groups excluding tert-OH is 1. The molecule has 3 aromatic heterocycles. The Bertz CT molecular complexity index is 1830. The number of hydrogen-bond acceptors (Lipinski definition) is 6. The number of H-pyrrole nitrogens is 2. The zero-order valence-corrected chi connectivity index (χ0v) is 24.2. The molecule has 2 atom stereocenters. The number of amides is 1. The summed E-state index contributed by atoms with van der Waals surface area (Å²) in [5, 5.41) is 19.4. The van der Waals surface area contributed by atoms with Crippen molar-refractivity contribution in [3.8, 4) is 11.3 Å². The third-order valence-electron chi connectivity index (χ3n) is 7.28. The fourth-order valence-electron chi connectivity index (χ4n) is 5.02. The molecule has 0 fully saturated rings. The second-order valence-corrected chi connectivity index (χ2v) is 11.1. The number of aliphatic hydroxyl groups is 1. The Morgan fingerprint density at radius 2 is 1.76 bits per heavy atom. The number of benzene rings is 3. The van der Waals surface area contributed by atoms with Crippen LogP contribution >= 0.6 is 15.9 Å². The molecule has 9 nitrogen and oxygen atoms in total. The summed E-state index contributed by atoms with van der Waals surface area (Å²) in [5.41, 5.74) is 13.1. The lowest BCUT2D eigenvalue weighted by Crippen LogP contribution is -2.41. The molecule has 0 spiro atoms. The van der Waals surface area contributed by atoms with Crippen LogP contribution in [0, 0.1) is 0 Å². The number of nitrogens with one attached hydrogen (secondary N) is 4. The van der Waals surface area contributed by atoms with E-state index in [0.717, 1.165) is 59.9 Å². The Hall–Kier alpha value is -4.35. The summed E-state index contributed by atoms with van der Waals surface area (Å²) in [6.45, 7) is 0.830. The van der Waals surface area contributed by atoms with Gasteiger partial charge in [-0.05, 0) is 41.5 Å². The molecule has 0 aliphatic heterocycles. The predicted molar refractivity (Wildman–Crippen MR) is 167 cm³/mol. The zero-order valence-electron chi connectivity index (χ0n) is 22.6. The number of carbonyl (C=O) groups excluding carboxylic acids is 1. The van der Waals surface area contributed by atoms with Gasteiger partial charge in [-0.15, -0.1) is 0 Å². The molecule has 3 heterocycles. The molecular formula is C32H30BrN7O2. The van der Waals surface area contributed by atoms with Gasteiger partial charge in [-0.1, -0.05) is 58.4 Å². The molecule has 7 N–H and O–H groups in total. The van der Waals surface area contributed by atoms with Crippen LogP contribution < -0.4 is 16.4 Å². The van der Waals surface area contributed by atoms with Crippen molar-refractivity contribution in [3.05, 3.63) is 118 Å². The van der Waals surface area contributed by atoms with Crippen molar-refractivity contribution >= 4 is 43.6 Å². The third-order valence-corrected chi connectivity index (χ3v) is 7.78. The number of nitrogens with zero attached hydrogens (tertiary/aromatic N) is 2. The normalized spacial score (nSPS) is 12.9. The number of halogens is 1. The molecule has 3 aromatic carbocycles. The van der Waals surface area contributed by atoms with E-state index in [9.17, 15) is 9.90 Å². The van der Waals surface area contributed by atoms with Crippen molar-refractivity contribution in [2.24, 2.45) is 5.73 Å². The van der Waals surface area contributed by atoms with Crippen LogP contribution in [0.2, 0.25) is 0 Å². The highest BCUT2D eigenvalue weighted by Gasteiger charge is 2.17. The summed E-state index contributed by atoms with van der Waals surface area (Å²) in [4.78, 5) is 27.5. The van der Waals surface area contributed by atoms with E-state index in [1.807, 2.05) is 72.9 Å². The molecule has 0 saturated carbocycles. The van der Waals surface area contributed by atoms with E-state index in [1.165, 1.54) is 0 Å². The largest absolute Gasteiger partial charge is 0.374 e. The number of para-hydroxylation sites is 1. The number of rotatable bonds is 10. The fourth-order valence-corrected chi connectivity index (χ4v) is 5.38. The maximum atomic E-state index is 12.4. The first-order valence-electron chi connectivity index (χ1n) is 13.6. The van der Waals surface area contributed by atoms with Gasteiger partial charge in [0.1, 0.15) is 6.23 Å². The van der Waals surface area contributed by atoms with Gasteiger partial charge in [-0.3, -0.25) is 10.1 Å². The molecule has 212 valence electrons. The lowest BCUT2D eigenvalue weighted by atomic mass is 10.0. The van der Waals surface area contributed by atoms with Gasteiger partial charge in [0.15, 0.2) is 0 Å². The molecule has 0 aliphatic carbocycles. The smallest absolute Gasteiger partial charge is 0.237 e. The molecule has 1 unspecified atom stereocenters. The first-order valence-corrected chi connectivity index (χ1v) is 14.4. The molecular weight excluding hydrogens is 594 g/mol. The zero-order chi connectivity index (χ0) is 29.1. The molecule has 0 bridgehead atoms.